The van der Waals surface area contributed by atoms with Gasteiger partial charge in [-0.1, -0.05) is 0 Å². The first kappa shape index (κ1) is 13.6. The van der Waals surface area contributed by atoms with Gasteiger partial charge in [0.25, 0.3) is 0 Å². The molecule has 0 aliphatic carbocycles. The summed E-state index contributed by atoms with van der Waals surface area (Å²) in [6, 6.07) is 4.89. The van der Waals surface area contributed by atoms with Crippen molar-refractivity contribution < 1.29 is 19.4 Å². The van der Waals surface area contributed by atoms with Gasteiger partial charge in [-0.05, 0) is 25.1 Å². The van der Waals surface area contributed by atoms with Gasteiger partial charge in [0.15, 0.2) is 0 Å². The van der Waals surface area contributed by atoms with Crippen molar-refractivity contribution in [2.75, 3.05) is 37.4 Å². The van der Waals surface area contributed by atoms with E-state index in [1.807, 2.05) is 0 Å². The summed E-state index contributed by atoms with van der Waals surface area (Å²) in [5, 5.41) is 12.9. The summed E-state index contributed by atoms with van der Waals surface area (Å²) >= 11 is 0. The predicted molar refractivity (Wildman–Crippen MR) is 71.1 cm³/mol. The fourth-order valence-electron chi connectivity index (χ4n) is 1.76. The molecule has 1 aromatic carbocycles. The SMILES string of the molecule is CCOC(=O)c1ccc(NCC2(O)COC2)c(N)c1. The molecule has 0 saturated carbocycles. The van der Waals surface area contributed by atoms with Gasteiger partial charge in [0.2, 0.25) is 0 Å². The Labute approximate surface area is 111 Å². The molecule has 104 valence electrons. The quantitative estimate of drug-likeness (QED) is 0.534. The van der Waals surface area contributed by atoms with Crippen molar-refractivity contribution in [3.8, 4) is 0 Å². The minimum atomic E-state index is -0.827. The lowest BCUT2D eigenvalue weighted by molar-refractivity contribution is -0.168. The topological polar surface area (TPSA) is 93.8 Å². The third-order valence-corrected chi connectivity index (χ3v) is 2.91. The summed E-state index contributed by atoms with van der Waals surface area (Å²) in [7, 11) is 0. The minimum absolute atomic E-state index is 0.320. The van der Waals surface area contributed by atoms with Crippen molar-refractivity contribution >= 4 is 17.3 Å². The molecule has 0 atom stereocenters. The van der Waals surface area contributed by atoms with Gasteiger partial charge in [-0.25, -0.2) is 4.79 Å². The summed E-state index contributed by atoms with van der Waals surface area (Å²) < 4.78 is 9.84. The molecule has 0 amide bonds. The van der Waals surface area contributed by atoms with E-state index in [-0.39, 0.29) is 0 Å². The van der Waals surface area contributed by atoms with Crippen LogP contribution in [-0.2, 0) is 9.47 Å². The number of carbonyl (C=O) groups excluding carboxylic acids is 1. The largest absolute Gasteiger partial charge is 0.462 e. The number of nitrogens with two attached hydrogens (primary N) is 1. The van der Waals surface area contributed by atoms with Crippen LogP contribution in [0.25, 0.3) is 0 Å². The fourth-order valence-corrected chi connectivity index (χ4v) is 1.76. The number of anilines is 2. The van der Waals surface area contributed by atoms with Crippen LogP contribution in [0.15, 0.2) is 18.2 Å². The lowest BCUT2D eigenvalue weighted by Crippen LogP contribution is -2.54. The molecular weight excluding hydrogens is 248 g/mol. The van der Waals surface area contributed by atoms with Gasteiger partial charge in [-0.2, -0.15) is 0 Å². The molecule has 19 heavy (non-hydrogen) atoms. The highest BCUT2D eigenvalue weighted by Crippen LogP contribution is 2.23. The Bertz CT molecular complexity index is 472. The number of hydrogen-bond donors (Lipinski definition) is 3. The van der Waals surface area contributed by atoms with Crippen LogP contribution in [0.1, 0.15) is 17.3 Å². The molecule has 4 N–H and O–H groups in total. The van der Waals surface area contributed by atoms with Gasteiger partial charge in [-0.3, -0.25) is 0 Å². The molecule has 1 saturated heterocycles. The molecule has 0 spiro atoms. The molecule has 1 heterocycles. The lowest BCUT2D eigenvalue weighted by Gasteiger charge is -2.36. The van der Waals surface area contributed by atoms with Crippen LogP contribution in [0.3, 0.4) is 0 Å². The van der Waals surface area contributed by atoms with Gasteiger partial charge in [0, 0.05) is 6.54 Å². The average molecular weight is 266 g/mol. The fraction of sp³-hybridized carbons (Fsp3) is 0.462. The molecule has 1 fully saturated rings. The van der Waals surface area contributed by atoms with Crippen LogP contribution in [0.2, 0.25) is 0 Å². The van der Waals surface area contributed by atoms with E-state index in [0.29, 0.717) is 43.3 Å². The van der Waals surface area contributed by atoms with E-state index < -0.39 is 11.6 Å². The number of esters is 1. The van der Waals surface area contributed by atoms with Gasteiger partial charge >= 0.3 is 5.97 Å². The number of hydrogen-bond acceptors (Lipinski definition) is 6. The van der Waals surface area contributed by atoms with E-state index in [4.69, 9.17) is 15.2 Å². The molecule has 6 nitrogen and oxygen atoms in total. The number of ether oxygens (including phenoxy) is 2. The Morgan fingerprint density at radius 2 is 2.32 bits per heavy atom. The molecule has 6 heteroatoms. The molecule has 0 radical (unpaired) electrons. The molecule has 0 bridgehead atoms. The zero-order valence-corrected chi connectivity index (χ0v) is 10.8. The second kappa shape index (κ2) is 5.46. The van der Waals surface area contributed by atoms with Gasteiger partial charge in [-0.15, -0.1) is 0 Å². The standard InChI is InChI=1S/C13H18N2O4/c1-2-19-12(16)9-3-4-11(10(14)5-9)15-6-13(17)7-18-8-13/h3-5,15,17H,2,6-8,14H2,1H3. The summed E-state index contributed by atoms with van der Waals surface area (Å²) in [5.74, 6) is -0.397. The lowest BCUT2D eigenvalue weighted by atomic mass is 10.0. The van der Waals surface area contributed by atoms with E-state index in [2.05, 4.69) is 5.32 Å². The predicted octanol–water partition coefficient (Wildman–Crippen LogP) is 0.619. The summed E-state index contributed by atoms with van der Waals surface area (Å²) in [6.45, 7) is 3.07. The molecule has 0 unspecified atom stereocenters. The van der Waals surface area contributed by atoms with Crippen LogP contribution in [-0.4, -0.2) is 43.0 Å². The first-order chi connectivity index (χ1) is 9.04. The maximum atomic E-state index is 11.5. The van der Waals surface area contributed by atoms with Crippen LogP contribution >= 0.6 is 0 Å². The summed E-state index contributed by atoms with van der Waals surface area (Å²) in [5.41, 5.74) is 6.56. The van der Waals surface area contributed by atoms with Crippen molar-refractivity contribution in [2.45, 2.75) is 12.5 Å². The summed E-state index contributed by atoms with van der Waals surface area (Å²) in [4.78, 5) is 11.5. The smallest absolute Gasteiger partial charge is 0.338 e. The van der Waals surface area contributed by atoms with E-state index >= 15 is 0 Å². The van der Waals surface area contributed by atoms with Gasteiger partial charge in [0.1, 0.15) is 5.60 Å². The normalized spacial score (nSPS) is 16.5. The Kier molecular flexibility index (Phi) is 3.92. The number of carbonyl (C=O) groups is 1. The molecule has 1 aliphatic heterocycles. The highest BCUT2D eigenvalue weighted by atomic mass is 16.5. The maximum Gasteiger partial charge on any atom is 0.338 e. The zero-order chi connectivity index (χ0) is 13.9. The van der Waals surface area contributed by atoms with Crippen LogP contribution in [0.4, 0.5) is 11.4 Å². The highest BCUT2D eigenvalue weighted by Gasteiger charge is 2.35. The van der Waals surface area contributed by atoms with Crippen molar-refractivity contribution in [1.29, 1.82) is 0 Å². The molecule has 1 aromatic rings. The average Bonchev–Trinajstić information content (AvgIpc) is 2.35. The van der Waals surface area contributed by atoms with Crippen molar-refractivity contribution in [1.82, 2.24) is 0 Å². The van der Waals surface area contributed by atoms with Crippen LogP contribution in [0, 0.1) is 0 Å². The molecular formula is C13H18N2O4. The Balaban J connectivity index is 2.00. The third-order valence-electron chi connectivity index (χ3n) is 2.91. The second-order valence-corrected chi connectivity index (χ2v) is 4.59. The van der Waals surface area contributed by atoms with E-state index in [9.17, 15) is 9.90 Å². The van der Waals surface area contributed by atoms with Crippen LogP contribution < -0.4 is 11.1 Å². The Hall–Kier alpha value is -1.79. The Morgan fingerprint density at radius 3 is 2.84 bits per heavy atom. The maximum absolute atomic E-state index is 11.5. The molecule has 2 rings (SSSR count). The van der Waals surface area contributed by atoms with Gasteiger partial charge < -0.3 is 25.6 Å². The number of nitrogen functional groups attached to an aromatic ring is 1. The van der Waals surface area contributed by atoms with Crippen molar-refractivity contribution in [2.24, 2.45) is 0 Å². The number of aliphatic hydroxyl groups is 1. The highest BCUT2D eigenvalue weighted by molar-refractivity contribution is 5.91. The third kappa shape index (κ3) is 3.15. The van der Waals surface area contributed by atoms with E-state index in [1.165, 1.54) is 0 Å². The first-order valence-corrected chi connectivity index (χ1v) is 6.15. The monoisotopic (exact) mass is 266 g/mol. The van der Waals surface area contributed by atoms with E-state index in [1.54, 1.807) is 25.1 Å². The van der Waals surface area contributed by atoms with Gasteiger partial charge in [0.05, 0.1) is 36.8 Å². The van der Waals surface area contributed by atoms with E-state index in [0.717, 1.165) is 0 Å². The van der Waals surface area contributed by atoms with Crippen molar-refractivity contribution in [3.63, 3.8) is 0 Å². The number of nitrogens with one attached hydrogen (secondary N) is 1. The minimum Gasteiger partial charge on any atom is -0.462 e. The first-order valence-electron chi connectivity index (χ1n) is 6.15. The molecule has 0 aromatic heterocycles. The zero-order valence-electron chi connectivity index (χ0n) is 10.8. The molecule has 1 aliphatic rings. The van der Waals surface area contributed by atoms with Crippen molar-refractivity contribution in [3.05, 3.63) is 23.8 Å². The Morgan fingerprint density at radius 1 is 1.58 bits per heavy atom. The van der Waals surface area contributed by atoms with Crippen LogP contribution in [0.5, 0.6) is 0 Å². The second-order valence-electron chi connectivity index (χ2n) is 4.59. The number of benzene rings is 1. The summed E-state index contributed by atoms with van der Waals surface area (Å²) in [6.07, 6.45) is 0. The number of rotatable bonds is 5.